The van der Waals surface area contributed by atoms with Gasteiger partial charge in [0.05, 0.1) is 0 Å². The second kappa shape index (κ2) is 7.00. The van der Waals surface area contributed by atoms with Crippen LogP contribution in [0.1, 0.15) is 78.6 Å². The molecule has 132 valence electrons. The molecule has 3 fully saturated rings. The molecule has 0 aromatic rings. The van der Waals surface area contributed by atoms with Gasteiger partial charge in [-0.25, -0.2) is 4.79 Å². The molecule has 3 saturated carbocycles. The molecule has 4 nitrogen and oxygen atoms in total. The van der Waals surface area contributed by atoms with E-state index >= 15 is 0 Å². The Morgan fingerprint density at radius 1 is 0.913 bits per heavy atom. The number of fused-ring (bicyclic) bond motifs is 2. The van der Waals surface area contributed by atoms with Gasteiger partial charge in [0, 0.05) is 18.1 Å². The van der Waals surface area contributed by atoms with Crippen molar-refractivity contribution in [2.24, 2.45) is 11.8 Å². The maximum Gasteiger partial charge on any atom is 0.407 e. The lowest BCUT2D eigenvalue weighted by Crippen LogP contribution is -2.54. The smallest absolute Gasteiger partial charge is 0.407 e. The molecule has 0 aliphatic heterocycles. The minimum Gasteiger partial charge on any atom is -0.444 e. The maximum absolute atomic E-state index is 12.2. The second-order valence-electron chi connectivity index (χ2n) is 8.95. The molecule has 0 heterocycles. The highest BCUT2D eigenvalue weighted by Crippen LogP contribution is 2.44. The highest BCUT2D eigenvalue weighted by atomic mass is 16.6. The summed E-state index contributed by atoms with van der Waals surface area (Å²) in [6, 6.07) is 1.31. The van der Waals surface area contributed by atoms with Gasteiger partial charge in [0.25, 0.3) is 0 Å². The van der Waals surface area contributed by atoms with Crippen molar-refractivity contribution in [3.8, 4) is 0 Å². The summed E-state index contributed by atoms with van der Waals surface area (Å²) in [6.07, 6.45) is 11.3. The molecule has 3 rings (SSSR count). The first-order valence-electron chi connectivity index (χ1n) is 9.66. The molecule has 23 heavy (non-hydrogen) atoms. The van der Waals surface area contributed by atoms with Gasteiger partial charge in [-0.05, 0) is 64.7 Å². The van der Waals surface area contributed by atoms with E-state index in [2.05, 4.69) is 10.6 Å². The summed E-state index contributed by atoms with van der Waals surface area (Å²) in [5.41, 5.74) is -0.428. The third-order valence-electron chi connectivity index (χ3n) is 5.88. The predicted molar refractivity (Wildman–Crippen MR) is 92.4 cm³/mol. The lowest BCUT2D eigenvalue weighted by molar-refractivity contribution is 0.0486. The standard InChI is InChI=1S/C19H34N2O2/c1-19(2,3)23-18(22)21-16-8-6-4-5-7-15(16)20-17-12-13-9-10-14(17)11-13/h13-17,20H,4-12H2,1-3H3,(H,21,22). The van der Waals surface area contributed by atoms with Crippen molar-refractivity contribution in [2.75, 3.05) is 0 Å². The van der Waals surface area contributed by atoms with Gasteiger partial charge in [-0.15, -0.1) is 0 Å². The topological polar surface area (TPSA) is 50.4 Å². The quantitative estimate of drug-likeness (QED) is 0.772. The van der Waals surface area contributed by atoms with Crippen molar-refractivity contribution in [1.82, 2.24) is 10.6 Å². The van der Waals surface area contributed by atoms with Crippen LogP contribution in [0.5, 0.6) is 0 Å². The molecule has 2 bridgehead atoms. The van der Waals surface area contributed by atoms with Gasteiger partial charge in [-0.2, -0.15) is 0 Å². The van der Waals surface area contributed by atoms with E-state index in [9.17, 15) is 4.79 Å². The molecular formula is C19H34N2O2. The van der Waals surface area contributed by atoms with Crippen LogP contribution in [0.2, 0.25) is 0 Å². The van der Waals surface area contributed by atoms with E-state index in [-0.39, 0.29) is 12.1 Å². The number of alkyl carbamates (subject to hydrolysis) is 1. The molecule has 2 N–H and O–H groups in total. The Balaban J connectivity index is 1.57. The van der Waals surface area contributed by atoms with E-state index in [0.717, 1.165) is 18.3 Å². The zero-order valence-corrected chi connectivity index (χ0v) is 15.1. The van der Waals surface area contributed by atoms with Crippen LogP contribution in [0.3, 0.4) is 0 Å². The van der Waals surface area contributed by atoms with Crippen LogP contribution in [0.25, 0.3) is 0 Å². The SMILES string of the molecule is CC(C)(C)OC(=O)NC1CCCCCC1NC1CC2CCC1C2. The summed E-state index contributed by atoms with van der Waals surface area (Å²) in [7, 11) is 0. The average Bonchev–Trinajstić information content (AvgIpc) is 2.98. The van der Waals surface area contributed by atoms with E-state index in [1.807, 2.05) is 20.8 Å². The lowest BCUT2D eigenvalue weighted by Gasteiger charge is -2.33. The van der Waals surface area contributed by atoms with Crippen molar-refractivity contribution in [1.29, 1.82) is 0 Å². The third kappa shape index (κ3) is 4.62. The first-order chi connectivity index (χ1) is 10.9. The number of amides is 1. The van der Waals surface area contributed by atoms with Crippen molar-refractivity contribution in [3.63, 3.8) is 0 Å². The summed E-state index contributed by atoms with van der Waals surface area (Å²) in [5.74, 6) is 1.84. The molecule has 0 saturated heterocycles. The zero-order valence-electron chi connectivity index (χ0n) is 15.1. The number of carbonyl (C=O) groups excluding carboxylic acids is 1. The highest BCUT2D eigenvalue weighted by Gasteiger charge is 2.41. The average molecular weight is 322 g/mol. The Morgan fingerprint density at radius 2 is 1.65 bits per heavy atom. The molecular weight excluding hydrogens is 288 g/mol. The Labute approximate surface area is 141 Å². The Morgan fingerprint density at radius 3 is 2.26 bits per heavy atom. The third-order valence-corrected chi connectivity index (χ3v) is 5.88. The molecule has 0 aromatic heterocycles. The van der Waals surface area contributed by atoms with E-state index in [1.54, 1.807) is 0 Å². The largest absolute Gasteiger partial charge is 0.444 e. The molecule has 5 unspecified atom stereocenters. The molecule has 1 amide bonds. The summed E-state index contributed by atoms with van der Waals surface area (Å²) >= 11 is 0. The number of ether oxygens (including phenoxy) is 1. The minimum atomic E-state index is -0.428. The van der Waals surface area contributed by atoms with Crippen LogP contribution in [-0.2, 0) is 4.74 Å². The van der Waals surface area contributed by atoms with Crippen molar-refractivity contribution >= 4 is 6.09 Å². The van der Waals surface area contributed by atoms with Gasteiger partial charge < -0.3 is 15.4 Å². The normalized spacial score (nSPS) is 37.4. The van der Waals surface area contributed by atoms with E-state index in [0.29, 0.717) is 12.1 Å². The fourth-order valence-corrected chi connectivity index (χ4v) is 4.86. The van der Waals surface area contributed by atoms with E-state index in [4.69, 9.17) is 4.74 Å². The van der Waals surface area contributed by atoms with Gasteiger partial charge in [0.15, 0.2) is 0 Å². The number of hydrogen-bond acceptors (Lipinski definition) is 3. The molecule has 0 radical (unpaired) electrons. The highest BCUT2D eigenvalue weighted by molar-refractivity contribution is 5.68. The van der Waals surface area contributed by atoms with Gasteiger partial charge in [0.1, 0.15) is 5.60 Å². The minimum absolute atomic E-state index is 0.214. The number of carbonyl (C=O) groups is 1. The fraction of sp³-hybridized carbons (Fsp3) is 0.947. The Hall–Kier alpha value is -0.770. The summed E-state index contributed by atoms with van der Waals surface area (Å²) in [4.78, 5) is 12.2. The Kier molecular flexibility index (Phi) is 5.19. The molecule has 3 aliphatic rings. The van der Waals surface area contributed by atoms with Gasteiger partial charge in [-0.3, -0.25) is 0 Å². The van der Waals surface area contributed by atoms with Crippen molar-refractivity contribution in [2.45, 2.75) is 102 Å². The summed E-state index contributed by atoms with van der Waals surface area (Å²) in [6.45, 7) is 5.76. The molecule has 0 spiro atoms. The molecule has 0 aromatic carbocycles. The summed E-state index contributed by atoms with van der Waals surface area (Å²) < 4.78 is 5.47. The van der Waals surface area contributed by atoms with Crippen LogP contribution in [0.15, 0.2) is 0 Å². The number of rotatable bonds is 3. The van der Waals surface area contributed by atoms with E-state index in [1.165, 1.54) is 51.4 Å². The second-order valence-corrected chi connectivity index (χ2v) is 8.95. The number of hydrogen-bond donors (Lipinski definition) is 2. The Bertz CT molecular complexity index is 418. The van der Waals surface area contributed by atoms with Crippen LogP contribution in [0, 0.1) is 11.8 Å². The summed E-state index contributed by atoms with van der Waals surface area (Å²) in [5, 5.41) is 7.10. The van der Waals surface area contributed by atoms with Crippen LogP contribution >= 0.6 is 0 Å². The van der Waals surface area contributed by atoms with Crippen LogP contribution in [0.4, 0.5) is 4.79 Å². The fourth-order valence-electron chi connectivity index (χ4n) is 4.86. The first kappa shape index (κ1) is 17.1. The predicted octanol–water partition coefficient (Wildman–Crippen LogP) is 3.99. The van der Waals surface area contributed by atoms with Gasteiger partial charge >= 0.3 is 6.09 Å². The zero-order chi connectivity index (χ0) is 16.4. The van der Waals surface area contributed by atoms with Gasteiger partial charge in [0.2, 0.25) is 0 Å². The van der Waals surface area contributed by atoms with Crippen LogP contribution in [-0.4, -0.2) is 29.8 Å². The maximum atomic E-state index is 12.2. The van der Waals surface area contributed by atoms with Crippen molar-refractivity contribution in [3.05, 3.63) is 0 Å². The van der Waals surface area contributed by atoms with E-state index < -0.39 is 5.60 Å². The lowest BCUT2D eigenvalue weighted by atomic mass is 9.93. The number of nitrogens with one attached hydrogen (secondary N) is 2. The first-order valence-corrected chi connectivity index (χ1v) is 9.66. The monoisotopic (exact) mass is 322 g/mol. The molecule has 5 atom stereocenters. The molecule has 3 aliphatic carbocycles. The van der Waals surface area contributed by atoms with Crippen LogP contribution < -0.4 is 10.6 Å². The van der Waals surface area contributed by atoms with Crippen molar-refractivity contribution < 1.29 is 9.53 Å². The molecule has 4 heteroatoms. The van der Waals surface area contributed by atoms with Gasteiger partial charge in [-0.1, -0.05) is 25.7 Å².